The van der Waals surface area contributed by atoms with E-state index >= 15 is 8.78 Å². The van der Waals surface area contributed by atoms with E-state index < -0.39 is 27.2 Å². The number of ether oxygens (including phenoxy) is 1. The molecule has 0 aliphatic carbocycles. The summed E-state index contributed by atoms with van der Waals surface area (Å²) in [6, 6.07) is 5.06. The quantitative estimate of drug-likeness (QED) is 0.217. The van der Waals surface area contributed by atoms with Gasteiger partial charge >= 0.3 is 0 Å². The highest BCUT2D eigenvalue weighted by Crippen LogP contribution is 2.33. The summed E-state index contributed by atoms with van der Waals surface area (Å²) < 4.78 is 62.8. The van der Waals surface area contributed by atoms with Crippen molar-refractivity contribution < 1.29 is 27.0 Å². The van der Waals surface area contributed by atoms with Gasteiger partial charge in [0.15, 0.2) is 17.5 Å². The van der Waals surface area contributed by atoms with Crippen molar-refractivity contribution in [1.29, 1.82) is 0 Å². The molecule has 0 bridgehead atoms. The van der Waals surface area contributed by atoms with Crippen LogP contribution in [0.4, 0.5) is 26.2 Å². The van der Waals surface area contributed by atoms with E-state index in [-0.39, 0.29) is 23.7 Å². The van der Waals surface area contributed by atoms with Crippen molar-refractivity contribution in [2.24, 2.45) is 0 Å². The second-order valence-corrected chi connectivity index (χ2v) is 11.4. The van der Waals surface area contributed by atoms with Gasteiger partial charge in [0.25, 0.3) is 0 Å². The topological polar surface area (TPSA) is 155 Å². The number of benzene rings is 1. The van der Waals surface area contributed by atoms with Crippen molar-refractivity contribution in [1.82, 2.24) is 24.9 Å². The summed E-state index contributed by atoms with van der Waals surface area (Å²) in [7, 11) is -3.81. The molecule has 3 N–H and O–H groups in total. The Morgan fingerprint density at radius 2 is 1.81 bits per heavy atom. The first-order chi connectivity index (χ1) is 20.3. The Labute approximate surface area is 241 Å². The van der Waals surface area contributed by atoms with Gasteiger partial charge in [0.05, 0.1) is 47.0 Å². The predicted molar refractivity (Wildman–Crippen MR) is 155 cm³/mol. The number of aromatic nitrogens is 5. The molecule has 0 atom stereocenters. The fraction of sp³-hybridized carbons (Fsp3) is 0.370. The van der Waals surface area contributed by atoms with Crippen LogP contribution in [0.1, 0.15) is 19.8 Å². The number of fused-ring (bicyclic) bond motifs is 1. The summed E-state index contributed by atoms with van der Waals surface area (Å²) >= 11 is 0. The normalized spacial score (nSPS) is 13.9. The lowest BCUT2D eigenvalue weighted by atomic mass is 10.1. The zero-order valence-electron chi connectivity index (χ0n) is 22.8. The largest absolute Gasteiger partial charge is 0.396 e. The van der Waals surface area contributed by atoms with Gasteiger partial charge in [-0.25, -0.2) is 42.1 Å². The van der Waals surface area contributed by atoms with Crippen LogP contribution in [-0.4, -0.2) is 83.7 Å². The lowest BCUT2D eigenvalue weighted by Crippen LogP contribution is -2.37. The molecule has 1 aliphatic heterocycles. The Hall–Kier alpha value is -4.08. The van der Waals surface area contributed by atoms with Crippen LogP contribution in [0, 0.1) is 11.6 Å². The molecule has 1 fully saturated rings. The Bertz CT molecular complexity index is 1670. The zero-order valence-corrected chi connectivity index (χ0v) is 23.7. The lowest BCUT2D eigenvalue weighted by Gasteiger charge is -2.28. The number of nitrogens with one attached hydrogen (secondary N) is 2. The summed E-state index contributed by atoms with van der Waals surface area (Å²) in [5, 5.41) is 12.0. The predicted octanol–water partition coefficient (Wildman–Crippen LogP) is 3.21. The second-order valence-electron chi connectivity index (χ2n) is 9.54. The highest BCUT2D eigenvalue weighted by Gasteiger charge is 2.23. The minimum atomic E-state index is -3.81. The molecule has 1 aromatic carbocycles. The molecule has 12 nitrogen and oxygen atoms in total. The Morgan fingerprint density at radius 3 is 2.52 bits per heavy atom. The molecule has 0 amide bonds. The molecule has 5 rings (SSSR count). The molecule has 4 aromatic rings. The van der Waals surface area contributed by atoms with Crippen molar-refractivity contribution in [2.45, 2.75) is 19.8 Å². The van der Waals surface area contributed by atoms with Crippen LogP contribution in [0.15, 0.2) is 36.7 Å². The van der Waals surface area contributed by atoms with Gasteiger partial charge in [-0.2, -0.15) is 0 Å². The Balaban J connectivity index is 1.57. The fourth-order valence-corrected chi connectivity index (χ4v) is 5.56. The number of rotatable bonds is 11. The first-order valence-electron chi connectivity index (χ1n) is 13.5. The lowest BCUT2D eigenvalue weighted by molar-refractivity contribution is 0.122. The molecular weight excluding hydrogens is 570 g/mol. The van der Waals surface area contributed by atoms with Crippen molar-refractivity contribution >= 4 is 38.5 Å². The molecule has 42 heavy (non-hydrogen) atoms. The van der Waals surface area contributed by atoms with Crippen LogP contribution in [0.5, 0.6) is 0 Å². The summed E-state index contributed by atoms with van der Waals surface area (Å²) in [6.07, 6.45) is 4.05. The number of anilines is 3. The SMILES string of the molecule is CCCS(=O)(=O)Nc1ccc(F)c(-c2ccc3nc(-c4cnc(NCCCO)nc4)nc(N4CCOCC4)c3n2)c1F. The Kier molecular flexibility index (Phi) is 8.99. The minimum absolute atomic E-state index is 0.0402. The smallest absolute Gasteiger partial charge is 0.232 e. The number of hydrogen-bond acceptors (Lipinski definition) is 11. The van der Waals surface area contributed by atoms with E-state index in [1.165, 1.54) is 6.07 Å². The molecule has 1 saturated heterocycles. The maximum absolute atomic E-state index is 15.6. The van der Waals surface area contributed by atoms with Gasteiger partial charge < -0.3 is 20.1 Å². The van der Waals surface area contributed by atoms with Gasteiger partial charge in [-0.15, -0.1) is 0 Å². The number of aliphatic hydroxyl groups excluding tert-OH is 1. The molecule has 4 heterocycles. The average Bonchev–Trinajstić information content (AvgIpc) is 2.99. The number of sulfonamides is 1. The monoisotopic (exact) mass is 600 g/mol. The molecule has 0 unspecified atom stereocenters. The summed E-state index contributed by atoms with van der Waals surface area (Å²) in [6.45, 7) is 4.20. The second kappa shape index (κ2) is 12.8. The van der Waals surface area contributed by atoms with E-state index in [1.807, 2.05) is 4.90 Å². The average molecular weight is 601 g/mol. The van der Waals surface area contributed by atoms with E-state index in [1.54, 1.807) is 25.4 Å². The van der Waals surface area contributed by atoms with E-state index in [0.29, 0.717) is 79.9 Å². The summed E-state index contributed by atoms with van der Waals surface area (Å²) in [4.78, 5) is 24.5. The van der Waals surface area contributed by atoms with E-state index in [4.69, 9.17) is 14.8 Å². The van der Waals surface area contributed by atoms with Crippen LogP contribution < -0.4 is 14.9 Å². The zero-order chi connectivity index (χ0) is 29.7. The highest BCUT2D eigenvalue weighted by molar-refractivity contribution is 7.92. The third-order valence-electron chi connectivity index (χ3n) is 6.45. The third kappa shape index (κ3) is 6.53. The van der Waals surface area contributed by atoms with Gasteiger partial charge in [0.1, 0.15) is 11.3 Å². The Morgan fingerprint density at radius 1 is 1.05 bits per heavy atom. The van der Waals surface area contributed by atoms with Crippen LogP contribution in [0.25, 0.3) is 33.7 Å². The highest BCUT2D eigenvalue weighted by atomic mass is 32.2. The van der Waals surface area contributed by atoms with Crippen molar-refractivity contribution in [2.75, 3.05) is 60.1 Å². The molecule has 0 saturated carbocycles. The number of hydrogen-bond donors (Lipinski definition) is 3. The summed E-state index contributed by atoms with van der Waals surface area (Å²) in [5.41, 5.74) is 0.418. The van der Waals surface area contributed by atoms with Gasteiger partial charge in [0, 0.05) is 38.6 Å². The maximum Gasteiger partial charge on any atom is 0.232 e. The van der Waals surface area contributed by atoms with Gasteiger partial charge in [-0.1, -0.05) is 6.92 Å². The number of halogens is 2. The molecule has 3 aromatic heterocycles. The van der Waals surface area contributed by atoms with E-state index in [2.05, 4.69) is 30.0 Å². The van der Waals surface area contributed by atoms with Gasteiger partial charge in [-0.05, 0) is 37.1 Å². The van der Waals surface area contributed by atoms with Crippen LogP contribution in [0.2, 0.25) is 0 Å². The molecular formula is C27H30F2N8O4S. The minimum Gasteiger partial charge on any atom is -0.396 e. The summed E-state index contributed by atoms with van der Waals surface area (Å²) in [5.74, 6) is -0.985. The van der Waals surface area contributed by atoms with Gasteiger partial charge in [-0.3, -0.25) is 4.72 Å². The first-order valence-corrected chi connectivity index (χ1v) is 15.1. The fourth-order valence-electron chi connectivity index (χ4n) is 4.43. The number of aliphatic hydroxyl groups is 1. The molecule has 0 spiro atoms. The third-order valence-corrected chi connectivity index (χ3v) is 7.92. The van der Waals surface area contributed by atoms with E-state index in [9.17, 15) is 8.42 Å². The molecule has 222 valence electrons. The number of pyridine rings is 1. The van der Waals surface area contributed by atoms with Crippen molar-refractivity contribution in [3.63, 3.8) is 0 Å². The number of morpholine rings is 1. The van der Waals surface area contributed by atoms with Crippen LogP contribution in [0.3, 0.4) is 0 Å². The molecule has 15 heteroatoms. The molecule has 1 aliphatic rings. The van der Waals surface area contributed by atoms with E-state index in [0.717, 1.165) is 12.1 Å². The van der Waals surface area contributed by atoms with Crippen molar-refractivity contribution in [3.05, 3.63) is 48.3 Å². The van der Waals surface area contributed by atoms with Crippen LogP contribution >= 0.6 is 0 Å². The number of nitrogens with zero attached hydrogens (tertiary/aromatic N) is 6. The van der Waals surface area contributed by atoms with Gasteiger partial charge in [0.2, 0.25) is 16.0 Å². The maximum atomic E-state index is 15.6. The van der Waals surface area contributed by atoms with Crippen LogP contribution in [-0.2, 0) is 14.8 Å². The standard InChI is InChI=1S/C27H30F2N8O4S/c1-2-14-42(39,40)36-20-5-4-18(28)22(23(20)29)19-6-7-21-24(33-19)26(37-9-12-41-13-10-37)35-25(34-21)17-15-31-27(32-16-17)30-8-3-11-38/h4-7,15-16,36,38H,2-3,8-14H2,1H3,(H,30,31,32). The van der Waals surface area contributed by atoms with Crippen molar-refractivity contribution in [3.8, 4) is 22.6 Å². The first kappa shape index (κ1) is 29.4. The molecule has 0 radical (unpaired) electrons.